The van der Waals surface area contributed by atoms with Gasteiger partial charge in [-0.2, -0.15) is 5.26 Å². The third-order valence-corrected chi connectivity index (χ3v) is 3.74. The summed E-state index contributed by atoms with van der Waals surface area (Å²) in [5, 5.41) is 8.80. The third-order valence-electron chi connectivity index (χ3n) is 2.68. The van der Waals surface area contributed by atoms with Crippen LogP contribution in [0.5, 0.6) is 0 Å². The molecule has 2 aromatic rings. The molecule has 0 amide bonds. The number of thioether (sulfide) groups is 1. The van der Waals surface area contributed by atoms with E-state index in [4.69, 9.17) is 5.26 Å². The molecule has 0 aromatic heterocycles. The van der Waals surface area contributed by atoms with Gasteiger partial charge in [0.1, 0.15) is 5.82 Å². The Kier molecular flexibility index (Phi) is 4.01. The summed E-state index contributed by atoms with van der Waals surface area (Å²) in [4.78, 5) is 1.04. The molecular weight excluding hydrogens is 245 g/mol. The van der Waals surface area contributed by atoms with Crippen molar-refractivity contribution in [1.29, 1.82) is 5.26 Å². The van der Waals surface area contributed by atoms with Crippen LogP contribution in [0.1, 0.15) is 16.7 Å². The van der Waals surface area contributed by atoms with Gasteiger partial charge in [0, 0.05) is 10.6 Å². The first-order valence-electron chi connectivity index (χ1n) is 5.57. The Morgan fingerprint density at radius 3 is 2.50 bits per heavy atom. The Hall–Kier alpha value is -1.79. The van der Waals surface area contributed by atoms with Gasteiger partial charge in [0.2, 0.25) is 0 Å². The van der Waals surface area contributed by atoms with Gasteiger partial charge in [-0.05, 0) is 54.4 Å². The Balaban J connectivity index is 2.06. The van der Waals surface area contributed by atoms with Gasteiger partial charge in [-0.25, -0.2) is 4.39 Å². The highest BCUT2D eigenvalue weighted by Gasteiger charge is 2.01. The molecule has 2 aromatic carbocycles. The number of nitrogens with zero attached hydrogens (tertiary/aromatic N) is 1. The van der Waals surface area contributed by atoms with Gasteiger partial charge in [-0.15, -0.1) is 11.8 Å². The number of hydrogen-bond donors (Lipinski definition) is 0. The van der Waals surface area contributed by atoms with E-state index in [0.717, 1.165) is 16.2 Å². The van der Waals surface area contributed by atoms with Crippen LogP contribution in [0.3, 0.4) is 0 Å². The summed E-state index contributed by atoms with van der Waals surface area (Å²) in [6.07, 6.45) is 0. The molecule has 0 N–H and O–H groups in total. The lowest BCUT2D eigenvalue weighted by atomic mass is 10.1. The molecule has 0 fully saturated rings. The largest absolute Gasteiger partial charge is 0.207 e. The van der Waals surface area contributed by atoms with Crippen LogP contribution < -0.4 is 0 Å². The molecule has 0 radical (unpaired) electrons. The summed E-state index contributed by atoms with van der Waals surface area (Å²) in [6.45, 7) is 2.00. The van der Waals surface area contributed by atoms with Gasteiger partial charge in [0.05, 0.1) is 11.6 Å². The van der Waals surface area contributed by atoms with Gasteiger partial charge in [0.25, 0.3) is 0 Å². The zero-order chi connectivity index (χ0) is 13.0. The number of halogens is 1. The predicted molar refractivity (Wildman–Crippen MR) is 71.9 cm³/mol. The summed E-state index contributed by atoms with van der Waals surface area (Å²) in [6, 6.07) is 14.3. The smallest absolute Gasteiger partial charge is 0.123 e. The quantitative estimate of drug-likeness (QED) is 0.765. The van der Waals surface area contributed by atoms with Crippen molar-refractivity contribution in [3.63, 3.8) is 0 Å². The minimum Gasteiger partial charge on any atom is -0.207 e. The van der Waals surface area contributed by atoms with Crippen molar-refractivity contribution >= 4 is 11.8 Å². The first-order chi connectivity index (χ1) is 8.69. The molecule has 0 aliphatic carbocycles. The van der Waals surface area contributed by atoms with E-state index < -0.39 is 0 Å². The fraction of sp³-hybridized carbons (Fsp3) is 0.133. The van der Waals surface area contributed by atoms with Crippen LogP contribution in [0.15, 0.2) is 47.4 Å². The van der Waals surface area contributed by atoms with Crippen LogP contribution in [0.25, 0.3) is 0 Å². The molecule has 0 unspecified atom stereocenters. The zero-order valence-corrected chi connectivity index (χ0v) is 10.8. The van der Waals surface area contributed by atoms with Crippen molar-refractivity contribution in [2.45, 2.75) is 17.6 Å². The maximum atomic E-state index is 12.8. The highest BCUT2D eigenvalue weighted by atomic mass is 32.2. The second kappa shape index (κ2) is 5.70. The molecule has 3 heteroatoms. The highest BCUT2D eigenvalue weighted by molar-refractivity contribution is 7.98. The van der Waals surface area contributed by atoms with E-state index in [0.29, 0.717) is 5.56 Å². The van der Waals surface area contributed by atoms with Crippen LogP contribution in [0.4, 0.5) is 4.39 Å². The maximum Gasteiger partial charge on any atom is 0.123 e. The fourth-order valence-electron chi connectivity index (χ4n) is 1.62. The lowest BCUT2D eigenvalue weighted by Crippen LogP contribution is -1.88. The molecule has 0 saturated heterocycles. The average Bonchev–Trinajstić information content (AvgIpc) is 2.39. The monoisotopic (exact) mass is 257 g/mol. The number of benzene rings is 2. The average molecular weight is 257 g/mol. The van der Waals surface area contributed by atoms with Crippen molar-refractivity contribution in [2.24, 2.45) is 0 Å². The van der Waals surface area contributed by atoms with Gasteiger partial charge in [-0.3, -0.25) is 0 Å². The lowest BCUT2D eigenvalue weighted by molar-refractivity contribution is 0.626. The SMILES string of the molecule is Cc1cc(C#N)ccc1CSc1ccc(F)cc1. The number of nitriles is 1. The van der Waals surface area contributed by atoms with Crippen molar-refractivity contribution < 1.29 is 4.39 Å². The molecule has 1 nitrogen and oxygen atoms in total. The van der Waals surface area contributed by atoms with E-state index in [1.807, 2.05) is 25.1 Å². The molecule has 0 heterocycles. The molecule has 90 valence electrons. The van der Waals surface area contributed by atoms with Gasteiger partial charge >= 0.3 is 0 Å². The zero-order valence-electron chi connectivity index (χ0n) is 9.98. The molecule has 0 bridgehead atoms. The van der Waals surface area contributed by atoms with Crippen LogP contribution in [0, 0.1) is 24.1 Å². The van der Waals surface area contributed by atoms with E-state index >= 15 is 0 Å². The summed E-state index contributed by atoms with van der Waals surface area (Å²) >= 11 is 1.66. The van der Waals surface area contributed by atoms with Crippen LogP contribution in [-0.2, 0) is 5.75 Å². The Bertz CT molecular complexity index is 584. The summed E-state index contributed by atoms with van der Waals surface area (Å²) in [7, 11) is 0. The van der Waals surface area contributed by atoms with Gasteiger partial charge < -0.3 is 0 Å². The summed E-state index contributed by atoms with van der Waals surface area (Å²) in [5.41, 5.74) is 3.00. The highest BCUT2D eigenvalue weighted by Crippen LogP contribution is 2.24. The van der Waals surface area contributed by atoms with Gasteiger partial charge in [-0.1, -0.05) is 6.07 Å². The topological polar surface area (TPSA) is 23.8 Å². The standard InChI is InChI=1S/C15H12FNS/c1-11-8-12(9-17)2-3-13(11)10-18-15-6-4-14(16)5-7-15/h2-8H,10H2,1H3. The van der Waals surface area contributed by atoms with E-state index in [1.165, 1.54) is 17.7 Å². The molecule has 0 saturated carbocycles. The summed E-state index contributed by atoms with van der Waals surface area (Å²) in [5.74, 6) is 0.609. The van der Waals surface area contributed by atoms with Crippen LogP contribution >= 0.6 is 11.8 Å². The summed E-state index contributed by atoms with van der Waals surface area (Å²) < 4.78 is 12.8. The van der Waals surface area contributed by atoms with E-state index in [1.54, 1.807) is 23.9 Å². The first-order valence-corrected chi connectivity index (χ1v) is 6.55. The molecule has 2 rings (SSSR count). The fourth-order valence-corrected chi connectivity index (χ4v) is 2.59. The van der Waals surface area contributed by atoms with E-state index in [-0.39, 0.29) is 5.82 Å². The molecule has 0 atom stereocenters. The lowest BCUT2D eigenvalue weighted by Gasteiger charge is -2.06. The predicted octanol–water partition coefficient (Wildman–Crippen LogP) is 4.30. The van der Waals surface area contributed by atoms with Crippen LogP contribution in [-0.4, -0.2) is 0 Å². The van der Waals surface area contributed by atoms with Gasteiger partial charge in [0.15, 0.2) is 0 Å². The molecular formula is C15H12FNS. The second-order valence-electron chi connectivity index (χ2n) is 4.00. The maximum absolute atomic E-state index is 12.8. The second-order valence-corrected chi connectivity index (χ2v) is 5.04. The minimum atomic E-state index is -0.214. The Morgan fingerprint density at radius 1 is 1.17 bits per heavy atom. The van der Waals surface area contributed by atoms with E-state index in [2.05, 4.69) is 6.07 Å². The number of aryl methyl sites for hydroxylation is 1. The van der Waals surface area contributed by atoms with Crippen molar-refractivity contribution in [2.75, 3.05) is 0 Å². The molecule has 0 aliphatic rings. The number of rotatable bonds is 3. The third kappa shape index (κ3) is 3.12. The normalized spacial score (nSPS) is 10.1. The molecule has 18 heavy (non-hydrogen) atoms. The molecule has 0 aliphatic heterocycles. The van der Waals surface area contributed by atoms with Crippen LogP contribution in [0.2, 0.25) is 0 Å². The van der Waals surface area contributed by atoms with Crippen molar-refractivity contribution in [3.05, 3.63) is 65.0 Å². The van der Waals surface area contributed by atoms with E-state index in [9.17, 15) is 4.39 Å². The Morgan fingerprint density at radius 2 is 1.89 bits per heavy atom. The molecule has 0 spiro atoms. The first kappa shape index (κ1) is 12.7. The number of hydrogen-bond acceptors (Lipinski definition) is 2. The van der Waals surface area contributed by atoms with Crippen molar-refractivity contribution in [3.8, 4) is 6.07 Å². The Labute approximate surface area is 110 Å². The van der Waals surface area contributed by atoms with Crippen molar-refractivity contribution in [1.82, 2.24) is 0 Å². The minimum absolute atomic E-state index is 0.214.